The van der Waals surface area contributed by atoms with Crippen molar-refractivity contribution in [3.8, 4) is 17.4 Å². The standard InChI is InChI=1S/C23H24N2O4/c1-25(23(26)19-10-12-22(28-3)24-14-19)15-18-9-11-20(21(13-18)27-2)29-16-17-7-5-4-6-8-17/h4-14H,15-16H2,1-3H3. The van der Waals surface area contributed by atoms with Gasteiger partial charge in [0.15, 0.2) is 11.5 Å². The molecule has 0 aliphatic rings. The number of rotatable bonds is 8. The van der Waals surface area contributed by atoms with Crippen LogP contribution in [0.4, 0.5) is 0 Å². The molecule has 0 bridgehead atoms. The van der Waals surface area contributed by atoms with E-state index < -0.39 is 0 Å². The van der Waals surface area contributed by atoms with E-state index in [1.807, 2.05) is 48.5 Å². The van der Waals surface area contributed by atoms with Gasteiger partial charge in [0.05, 0.1) is 19.8 Å². The van der Waals surface area contributed by atoms with E-state index in [2.05, 4.69) is 4.98 Å². The predicted molar refractivity (Wildman–Crippen MR) is 110 cm³/mol. The molecular formula is C23H24N2O4. The molecule has 150 valence electrons. The number of ether oxygens (including phenoxy) is 3. The molecular weight excluding hydrogens is 368 g/mol. The van der Waals surface area contributed by atoms with Gasteiger partial charge < -0.3 is 19.1 Å². The Hall–Kier alpha value is -3.54. The van der Waals surface area contributed by atoms with Crippen LogP contribution < -0.4 is 14.2 Å². The Morgan fingerprint density at radius 2 is 1.72 bits per heavy atom. The lowest BCUT2D eigenvalue weighted by Gasteiger charge is -2.18. The van der Waals surface area contributed by atoms with E-state index in [1.54, 1.807) is 31.2 Å². The van der Waals surface area contributed by atoms with Crippen LogP contribution in [-0.4, -0.2) is 37.1 Å². The van der Waals surface area contributed by atoms with Gasteiger partial charge in [0.2, 0.25) is 5.88 Å². The molecule has 3 rings (SSSR count). The number of pyridine rings is 1. The Morgan fingerprint density at radius 3 is 2.38 bits per heavy atom. The molecule has 0 aliphatic heterocycles. The van der Waals surface area contributed by atoms with Crippen molar-refractivity contribution in [2.45, 2.75) is 13.2 Å². The fourth-order valence-corrected chi connectivity index (χ4v) is 2.86. The molecule has 29 heavy (non-hydrogen) atoms. The number of carbonyl (C=O) groups excluding carboxylic acids is 1. The number of hydrogen-bond donors (Lipinski definition) is 0. The summed E-state index contributed by atoms with van der Waals surface area (Å²) >= 11 is 0. The average molecular weight is 392 g/mol. The Balaban J connectivity index is 1.66. The Kier molecular flexibility index (Phi) is 6.68. The molecule has 3 aromatic rings. The zero-order chi connectivity index (χ0) is 20.6. The van der Waals surface area contributed by atoms with Crippen LogP contribution in [0.25, 0.3) is 0 Å². The number of nitrogens with zero attached hydrogens (tertiary/aromatic N) is 2. The zero-order valence-corrected chi connectivity index (χ0v) is 16.8. The van der Waals surface area contributed by atoms with Crippen LogP contribution in [-0.2, 0) is 13.2 Å². The maximum absolute atomic E-state index is 12.6. The van der Waals surface area contributed by atoms with Crippen molar-refractivity contribution in [2.24, 2.45) is 0 Å². The van der Waals surface area contributed by atoms with Crippen LogP contribution in [0.1, 0.15) is 21.5 Å². The summed E-state index contributed by atoms with van der Waals surface area (Å²) in [6.07, 6.45) is 1.51. The van der Waals surface area contributed by atoms with Gasteiger partial charge in [-0.15, -0.1) is 0 Å². The second-order valence-electron chi connectivity index (χ2n) is 6.51. The minimum absolute atomic E-state index is 0.122. The quantitative estimate of drug-likeness (QED) is 0.581. The lowest BCUT2D eigenvalue weighted by Crippen LogP contribution is -2.26. The summed E-state index contributed by atoms with van der Waals surface area (Å²) in [6.45, 7) is 0.888. The fourth-order valence-electron chi connectivity index (χ4n) is 2.86. The minimum Gasteiger partial charge on any atom is -0.493 e. The van der Waals surface area contributed by atoms with E-state index >= 15 is 0 Å². The van der Waals surface area contributed by atoms with Gasteiger partial charge in [0.25, 0.3) is 5.91 Å². The second-order valence-corrected chi connectivity index (χ2v) is 6.51. The Labute approximate surface area is 170 Å². The van der Waals surface area contributed by atoms with Gasteiger partial charge in [-0.2, -0.15) is 0 Å². The largest absolute Gasteiger partial charge is 0.493 e. The van der Waals surface area contributed by atoms with Crippen molar-refractivity contribution < 1.29 is 19.0 Å². The number of benzene rings is 2. The van der Waals surface area contributed by atoms with Crippen LogP contribution in [0.5, 0.6) is 17.4 Å². The first-order valence-electron chi connectivity index (χ1n) is 9.20. The normalized spacial score (nSPS) is 10.3. The third kappa shape index (κ3) is 5.25. The van der Waals surface area contributed by atoms with Gasteiger partial charge in [-0.1, -0.05) is 36.4 Å². The maximum atomic E-state index is 12.6. The molecule has 0 saturated heterocycles. The van der Waals surface area contributed by atoms with Gasteiger partial charge >= 0.3 is 0 Å². The highest BCUT2D eigenvalue weighted by Crippen LogP contribution is 2.29. The molecule has 1 aromatic heterocycles. The van der Waals surface area contributed by atoms with Crippen molar-refractivity contribution in [2.75, 3.05) is 21.3 Å². The SMILES string of the molecule is COc1ccc(C(=O)N(C)Cc2ccc(OCc3ccccc3)c(OC)c2)cn1. The lowest BCUT2D eigenvalue weighted by atomic mass is 10.1. The molecule has 0 N–H and O–H groups in total. The molecule has 0 fully saturated rings. The third-order valence-corrected chi connectivity index (χ3v) is 4.42. The van der Waals surface area contributed by atoms with Gasteiger partial charge in [-0.3, -0.25) is 4.79 Å². The molecule has 0 spiro atoms. The van der Waals surface area contributed by atoms with Crippen LogP contribution in [0.15, 0.2) is 66.9 Å². The highest BCUT2D eigenvalue weighted by molar-refractivity contribution is 5.93. The van der Waals surface area contributed by atoms with E-state index in [1.165, 1.54) is 13.3 Å². The van der Waals surface area contributed by atoms with Crippen molar-refractivity contribution in [3.05, 3.63) is 83.6 Å². The first-order chi connectivity index (χ1) is 14.1. The minimum atomic E-state index is -0.122. The van der Waals surface area contributed by atoms with E-state index in [0.717, 1.165) is 11.1 Å². The zero-order valence-electron chi connectivity index (χ0n) is 16.8. The highest BCUT2D eigenvalue weighted by Gasteiger charge is 2.14. The first-order valence-corrected chi connectivity index (χ1v) is 9.20. The van der Waals surface area contributed by atoms with E-state index in [4.69, 9.17) is 14.2 Å². The van der Waals surface area contributed by atoms with Crippen LogP contribution in [0, 0.1) is 0 Å². The fraction of sp³-hybridized carbons (Fsp3) is 0.217. The van der Waals surface area contributed by atoms with Crippen LogP contribution in [0.3, 0.4) is 0 Å². The van der Waals surface area contributed by atoms with Gasteiger partial charge in [0.1, 0.15) is 6.61 Å². The summed E-state index contributed by atoms with van der Waals surface area (Å²) < 4.78 is 16.4. The number of amides is 1. The molecule has 6 heteroatoms. The molecule has 0 atom stereocenters. The molecule has 1 amide bonds. The first kappa shape index (κ1) is 20.2. The predicted octanol–water partition coefficient (Wildman–Crippen LogP) is 3.95. The highest BCUT2D eigenvalue weighted by atomic mass is 16.5. The van der Waals surface area contributed by atoms with Crippen LogP contribution >= 0.6 is 0 Å². The van der Waals surface area contributed by atoms with Gasteiger partial charge in [-0.05, 0) is 29.3 Å². The summed E-state index contributed by atoms with van der Waals surface area (Å²) in [5.74, 6) is 1.64. The summed E-state index contributed by atoms with van der Waals surface area (Å²) in [7, 11) is 4.89. The molecule has 1 heterocycles. The number of methoxy groups -OCH3 is 2. The van der Waals surface area contributed by atoms with E-state index in [-0.39, 0.29) is 5.91 Å². The van der Waals surface area contributed by atoms with Crippen LogP contribution in [0.2, 0.25) is 0 Å². The molecule has 0 aliphatic carbocycles. The van der Waals surface area contributed by atoms with Gasteiger partial charge in [-0.25, -0.2) is 4.98 Å². The monoisotopic (exact) mass is 392 g/mol. The molecule has 6 nitrogen and oxygen atoms in total. The lowest BCUT2D eigenvalue weighted by molar-refractivity contribution is 0.0784. The van der Waals surface area contributed by atoms with Crippen molar-refractivity contribution in [3.63, 3.8) is 0 Å². The Morgan fingerprint density at radius 1 is 0.931 bits per heavy atom. The summed E-state index contributed by atoms with van der Waals surface area (Å²) in [5, 5.41) is 0. The summed E-state index contributed by atoms with van der Waals surface area (Å²) in [5.41, 5.74) is 2.52. The van der Waals surface area contributed by atoms with E-state index in [0.29, 0.717) is 36.1 Å². The van der Waals surface area contributed by atoms with Gasteiger partial charge in [0, 0.05) is 25.9 Å². The maximum Gasteiger partial charge on any atom is 0.255 e. The number of carbonyl (C=O) groups is 1. The van der Waals surface area contributed by atoms with E-state index in [9.17, 15) is 4.79 Å². The smallest absolute Gasteiger partial charge is 0.255 e. The average Bonchev–Trinajstić information content (AvgIpc) is 2.78. The topological polar surface area (TPSA) is 60.9 Å². The summed E-state index contributed by atoms with van der Waals surface area (Å²) in [6, 6.07) is 19.0. The van der Waals surface area contributed by atoms with Crippen molar-refractivity contribution in [1.29, 1.82) is 0 Å². The molecule has 0 saturated carbocycles. The Bertz CT molecular complexity index is 943. The number of hydrogen-bond acceptors (Lipinski definition) is 5. The summed E-state index contributed by atoms with van der Waals surface area (Å²) in [4.78, 5) is 18.3. The third-order valence-electron chi connectivity index (χ3n) is 4.42. The molecule has 0 radical (unpaired) electrons. The molecule has 0 unspecified atom stereocenters. The number of aromatic nitrogens is 1. The van der Waals surface area contributed by atoms with Crippen molar-refractivity contribution >= 4 is 5.91 Å². The molecule has 2 aromatic carbocycles. The van der Waals surface area contributed by atoms with Crippen molar-refractivity contribution in [1.82, 2.24) is 9.88 Å². The second kappa shape index (κ2) is 9.59.